The molecule has 0 aliphatic carbocycles. The molecule has 2 rings (SSSR count). The predicted octanol–water partition coefficient (Wildman–Crippen LogP) is 2.36. The zero-order valence-electron chi connectivity index (χ0n) is 9.05. The molecule has 17 heavy (non-hydrogen) atoms. The number of rotatable bonds is 4. The van der Waals surface area contributed by atoms with Crippen LogP contribution >= 0.6 is 11.3 Å². The van der Waals surface area contributed by atoms with Gasteiger partial charge in [0.05, 0.1) is 11.4 Å². The minimum atomic E-state index is -0.204. The summed E-state index contributed by atoms with van der Waals surface area (Å²) in [4.78, 5) is 23.9. The first kappa shape index (κ1) is 11.5. The fourth-order valence-corrected chi connectivity index (χ4v) is 2.02. The Morgan fingerprint density at radius 3 is 2.47 bits per heavy atom. The maximum atomic E-state index is 11.7. The summed E-state index contributed by atoms with van der Waals surface area (Å²) < 4.78 is 0. The number of nitrogens with one attached hydrogen (secondary N) is 1. The third-order valence-electron chi connectivity index (χ3n) is 2.25. The lowest BCUT2D eigenvalue weighted by molar-refractivity contribution is 0.0906. The summed E-state index contributed by atoms with van der Waals surface area (Å²) in [7, 11) is 0. The van der Waals surface area contributed by atoms with E-state index in [1.807, 2.05) is 11.4 Å². The van der Waals surface area contributed by atoms with Gasteiger partial charge in [-0.15, -0.1) is 11.3 Å². The van der Waals surface area contributed by atoms with Crippen molar-refractivity contribution in [2.75, 3.05) is 6.54 Å². The third-order valence-corrected chi connectivity index (χ3v) is 3.12. The Hall–Kier alpha value is -1.94. The highest BCUT2D eigenvalue weighted by Gasteiger charge is 2.09. The van der Waals surface area contributed by atoms with Crippen molar-refractivity contribution in [2.24, 2.45) is 0 Å². The Morgan fingerprint density at radius 2 is 1.82 bits per heavy atom. The average Bonchev–Trinajstić information content (AvgIpc) is 2.90. The molecule has 0 atom stereocenters. The summed E-state index contributed by atoms with van der Waals surface area (Å²) in [6, 6.07) is 12.5. The quantitative estimate of drug-likeness (QED) is 0.840. The van der Waals surface area contributed by atoms with Gasteiger partial charge in [-0.1, -0.05) is 36.4 Å². The topological polar surface area (TPSA) is 46.2 Å². The van der Waals surface area contributed by atoms with Crippen LogP contribution < -0.4 is 5.32 Å². The lowest BCUT2D eigenvalue weighted by atomic mass is 10.1. The minimum absolute atomic E-state index is 0.0285. The maximum absolute atomic E-state index is 11.7. The second-order valence-electron chi connectivity index (χ2n) is 3.45. The molecule has 0 radical (unpaired) electrons. The van der Waals surface area contributed by atoms with E-state index in [-0.39, 0.29) is 18.2 Å². The largest absolute Gasteiger partial charge is 0.344 e. The predicted molar refractivity (Wildman–Crippen MR) is 67.4 cm³/mol. The number of Topliss-reactive ketones (excluding diaryl/α,β-unsaturated/α-hetero) is 1. The number of carbonyl (C=O) groups excluding carboxylic acids is 2. The highest BCUT2D eigenvalue weighted by Crippen LogP contribution is 2.07. The molecule has 0 saturated carbocycles. The summed E-state index contributed by atoms with van der Waals surface area (Å²) >= 11 is 1.36. The summed E-state index contributed by atoms with van der Waals surface area (Å²) in [5.74, 6) is -0.292. The van der Waals surface area contributed by atoms with Crippen molar-refractivity contribution in [3.8, 4) is 0 Å². The zero-order chi connectivity index (χ0) is 12.1. The van der Waals surface area contributed by atoms with Crippen molar-refractivity contribution in [3.05, 3.63) is 58.3 Å². The first-order valence-electron chi connectivity index (χ1n) is 5.17. The molecule has 1 aromatic carbocycles. The number of hydrogen-bond acceptors (Lipinski definition) is 3. The first-order valence-corrected chi connectivity index (χ1v) is 6.05. The number of carbonyl (C=O) groups is 2. The summed E-state index contributed by atoms with van der Waals surface area (Å²) in [6.45, 7) is 0.0285. The van der Waals surface area contributed by atoms with E-state index in [0.29, 0.717) is 10.4 Å². The summed E-state index contributed by atoms with van der Waals surface area (Å²) in [5.41, 5.74) is 0.610. The molecule has 1 heterocycles. The van der Waals surface area contributed by atoms with Crippen LogP contribution in [-0.2, 0) is 0 Å². The molecule has 0 aliphatic heterocycles. The summed E-state index contributed by atoms with van der Waals surface area (Å²) in [6.07, 6.45) is 0. The Balaban J connectivity index is 1.91. The highest BCUT2D eigenvalue weighted by molar-refractivity contribution is 7.12. The normalized spacial score (nSPS) is 9.88. The number of hydrogen-bond donors (Lipinski definition) is 1. The van der Waals surface area contributed by atoms with Crippen LogP contribution in [0, 0.1) is 0 Å². The molecule has 4 heteroatoms. The standard InChI is InChI=1S/C13H11NO2S/c15-11(10-5-2-1-3-6-10)9-14-13(16)12-7-4-8-17-12/h1-8H,9H2,(H,14,16). The number of ketones is 1. The molecular weight excluding hydrogens is 234 g/mol. The lowest BCUT2D eigenvalue weighted by Crippen LogP contribution is -2.28. The Morgan fingerprint density at radius 1 is 1.06 bits per heavy atom. The Bertz CT molecular complexity index is 505. The van der Waals surface area contributed by atoms with E-state index in [2.05, 4.69) is 5.32 Å². The van der Waals surface area contributed by atoms with Crippen LogP contribution in [0.2, 0.25) is 0 Å². The highest BCUT2D eigenvalue weighted by atomic mass is 32.1. The van der Waals surface area contributed by atoms with Crippen molar-refractivity contribution in [2.45, 2.75) is 0 Å². The average molecular weight is 245 g/mol. The van der Waals surface area contributed by atoms with Crippen LogP contribution in [0.3, 0.4) is 0 Å². The third kappa shape index (κ3) is 3.01. The van der Waals surface area contributed by atoms with Gasteiger partial charge >= 0.3 is 0 Å². The molecular formula is C13H11NO2S. The molecule has 0 aliphatic rings. The van der Waals surface area contributed by atoms with Gasteiger partial charge in [0, 0.05) is 5.56 Å². The first-order chi connectivity index (χ1) is 8.27. The van der Waals surface area contributed by atoms with Gasteiger partial charge in [-0.05, 0) is 11.4 Å². The van der Waals surface area contributed by atoms with Crippen LogP contribution in [0.1, 0.15) is 20.0 Å². The van der Waals surface area contributed by atoms with Crippen molar-refractivity contribution in [1.82, 2.24) is 5.32 Å². The van der Waals surface area contributed by atoms with Crippen LogP contribution in [0.25, 0.3) is 0 Å². The van der Waals surface area contributed by atoms with Crippen molar-refractivity contribution >= 4 is 23.0 Å². The van der Waals surface area contributed by atoms with Crippen LogP contribution in [-0.4, -0.2) is 18.2 Å². The molecule has 1 N–H and O–H groups in total. The van der Waals surface area contributed by atoms with Crippen LogP contribution in [0.4, 0.5) is 0 Å². The maximum Gasteiger partial charge on any atom is 0.261 e. The van der Waals surface area contributed by atoms with Gasteiger partial charge < -0.3 is 5.32 Å². The van der Waals surface area contributed by atoms with Gasteiger partial charge in [0.1, 0.15) is 0 Å². The second-order valence-corrected chi connectivity index (χ2v) is 4.40. The van der Waals surface area contributed by atoms with E-state index in [1.165, 1.54) is 11.3 Å². The Kier molecular flexibility index (Phi) is 3.67. The van der Waals surface area contributed by atoms with E-state index in [0.717, 1.165) is 0 Å². The second kappa shape index (κ2) is 5.41. The minimum Gasteiger partial charge on any atom is -0.344 e. The van der Waals surface area contributed by atoms with Crippen molar-refractivity contribution < 1.29 is 9.59 Å². The number of thiophene rings is 1. The van der Waals surface area contributed by atoms with Gasteiger partial charge in [-0.25, -0.2) is 0 Å². The van der Waals surface area contributed by atoms with E-state index in [1.54, 1.807) is 36.4 Å². The summed E-state index contributed by atoms with van der Waals surface area (Å²) in [5, 5.41) is 4.43. The smallest absolute Gasteiger partial charge is 0.261 e. The monoisotopic (exact) mass is 245 g/mol. The molecule has 0 fully saturated rings. The molecule has 0 saturated heterocycles. The molecule has 0 bridgehead atoms. The van der Waals surface area contributed by atoms with Crippen molar-refractivity contribution in [3.63, 3.8) is 0 Å². The number of amides is 1. The molecule has 1 aromatic heterocycles. The van der Waals surface area contributed by atoms with Crippen molar-refractivity contribution in [1.29, 1.82) is 0 Å². The van der Waals surface area contributed by atoms with E-state index < -0.39 is 0 Å². The number of benzene rings is 1. The van der Waals surface area contributed by atoms with Crippen LogP contribution in [0.5, 0.6) is 0 Å². The zero-order valence-corrected chi connectivity index (χ0v) is 9.87. The van der Waals surface area contributed by atoms with E-state index in [4.69, 9.17) is 0 Å². The molecule has 0 unspecified atom stereocenters. The van der Waals surface area contributed by atoms with Gasteiger partial charge in [-0.2, -0.15) is 0 Å². The fourth-order valence-electron chi connectivity index (χ4n) is 1.38. The van der Waals surface area contributed by atoms with E-state index in [9.17, 15) is 9.59 Å². The van der Waals surface area contributed by atoms with Gasteiger partial charge in [-0.3, -0.25) is 9.59 Å². The lowest BCUT2D eigenvalue weighted by Gasteiger charge is -2.02. The van der Waals surface area contributed by atoms with Crippen LogP contribution in [0.15, 0.2) is 47.8 Å². The molecule has 3 nitrogen and oxygen atoms in total. The molecule has 0 spiro atoms. The SMILES string of the molecule is O=C(CNC(=O)c1cccs1)c1ccccc1. The van der Waals surface area contributed by atoms with Gasteiger partial charge in [0.2, 0.25) is 0 Å². The van der Waals surface area contributed by atoms with Gasteiger partial charge in [0.15, 0.2) is 5.78 Å². The molecule has 2 aromatic rings. The van der Waals surface area contributed by atoms with E-state index >= 15 is 0 Å². The molecule has 1 amide bonds. The Labute approximate surface area is 103 Å². The van der Waals surface area contributed by atoms with Gasteiger partial charge in [0.25, 0.3) is 5.91 Å². The molecule has 86 valence electrons. The fraction of sp³-hybridized carbons (Fsp3) is 0.0769.